The van der Waals surface area contributed by atoms with Crippen molar-refractivity contribution < 1.29 is 28.5 Å². The molecule has 1 aliphatic heterocycles. The highest BCUT2D eigenvalue weighted by Crippen LogP contribution is 2.41. The van der Waals surface area contributed by atoms with Crippen molar-refractivity contribution in [2.24, 2.45) is 0 Å². The maximum Gasteiger partial charge on any atom is 0.336 e. The highest BCUT2D eigenvalue weighted by Gasteiger charge is 2.31. The van der Waals surface area contributed by atoms with Crippen molar-refractivity contribution in [3.05, 3.63) is 52.6 Å². The molecule has 1 atom stereocenters. The van der Waals surface area contributed by atoms with E-state index in [0.29, 0.717) is 53.8 Å². The number of benzene rings is 2. The van der Waals surface area contributed by atoms with Gasteiger partial charge in [0.2, 0.25) is 5.75 Å². The fourth-order valence-corrected chi connectivity index (χ4v) is 3.89. The maximum absolute atomic E-state index is 12.4. The van der Waals surface area contributed by atoms with E-state index in [0.717, 1.165) is 11.1 Å². The highest BCUT2D eigenvalue weighted by molar-refractivity contribution is 6.05. The minimum absolute atomic E-state index is 0.0135. The molecule has 0 radical (unpaired) electrons. The topological polar surface area (TPSA) is 71.1 Å². The Morgan fingerprint density at radius 1 is 1.17 bits per heavy atom. The zero-order chi connectivity index (χ0) is 20.5. The van der Waals surface area contributed by atoms with Gasteiger partial charge in [-0.15, -0.1) is 0 Å². The van der Waals surface area contributed by atoms with Crippen LogP contribution in [0.5, 0.6) is 23.0 Å². The average Bonchev–Trinajstić information content (AvgIpc) is 3.03. The Labute approximate surface area is 169 Å². The van der Waals surface area contributed by atoms with Gasteiger partial charge in [0, 0.05) is 12.5 Å². The lowest BCUT2D eigenvalue weighted by Gasteiger charge is -2.20. The van der Waals surface area contributed by atoms with E-state index < -0.39 is 5.97 Å². The molecule has 150 valence electrons. The zero-order valence-electron chi connectivity index (χ0n) is 16.6. The first kappa shape index (κ1) is 19.1. The van der Waals surface area contributed by atoms with Gasteiger partial charge in [0.05, 0.1) is 12.7 Å². The molecule has 2 aliphatic rings. The largest absolute Gasteiger partial charge is 0.493 e. The molecule has 0 bridgehead atoms. The molecular formula is C23H22O6. The normalized spacial score (nSPS) is 17.3. The van der Waals surface area contributed by atoms with Gasteiger partial charge in [-0.1, -0.05) is 13.0 Å². The van der Waals surface area contributed by atoms with Gasteiger partial charge in [0.1, 0.15) is 19.0 Å². The first-order chi connectivity index (χ1) is 14.0. The van der Waals surface area contributed by atoms with Crippen LogP contribution in [0.1, 0.15) is 46.3 Å². The van der Waals surface area contributed by atoms with E-state index in [1.165, 1.54) is 6.08 Å². The molecule has 0 N–H and O–H groups in total. The lowest BCUT2D eigenvalue weighted by molar-refractivity contribution is -0.128. The third-order valence-electron chi connectivity index (χ3n) is 5.16. The smallest absolute Gasteiger partial charge is 0.336 e. The van der Waals surface area contributed by atoms with Gasteiger partial charge in [-0.25, -0.2) is 4.79 Å². The molecule has 0 saturated heterocycles. The van der Waals surface area contributed by atoms with Gasteiger partial charge in [-0.2, -0.15) is 0 Å². The van der Waals surface area contributed by atoms with Crippen molar-refractivity contribution >= 4 is 17.8 Å². The number of ether oxygens (including phenoxy) is 4. The molecule has 0 saturated carbocycles. The van der Waals surface area contributed by atoms with Crippen molar-refractivity contribution in [3.8, 4) is 23.0 Å². The van der Waals surface area contributed by atoms with Crippen LogP contribution in [-0.2, 0) is 4.79 Å². The van der Waals surface area contributed by atoms with Crippen LogP contribution in [-0.4, -0.2) is 32.1 Å². The predicted molar refractivity (Wildman–Crippen MR) is 107 cm³/mol. The number of carbonyl (C=O) groups is 2. The van der Waals surface area contributed by atoms with Crippen molar-refractivity contribution in [1.82, 2.24) is 0 Å². The van der Waals surface area contributed by atoms with Crippen LogP contribution < -0.4 is 18.9 Å². The van der Waals surface area contributed by atoms with Crippen LogP contribution in [0.25, 0.3) is 6.08 Å². The number of methoxy groups -OCH3 is 1. The Hall–Kier alpha value is -3.28. The Balaban J connectivity index is 1.56. The molecule has 6 heteroatoms. The SMILES string of the molecule is COc1cc(C=CC(=O)Oc2ccc(C)c3c2C(=O)CC3C)cc2c1OCCO2. The Morgan fingerprint density at radius 3 is 2.76 bits per heavy atom. The van der Waals surface area contributed by atoms with Gasteiger partial charge >= 0.3 is 5.97 Å². The van der Waals surface area contributed by atoms with Crippen molar-refractivity contribution in [2.75, 3.05) is 20.3 Å². The molecule has 0 aromatic heterocycles. The average molecular weight is 394 g/mol. The van der Waals surface area contributed by atoms with Crippen molar-refractivity contribution in [1.29, 1.82) is 0 Å². The standard InChI is InChI=1S/C23H22O6/c1-13-4-6-17(22-16(24)10-14(2)21(13)22)29-20(25)7-5-15-11-18(26-3)23-19(12-15)27-8-9-28-23/h4-7,11-12,14H,8-10H2,1-3H3. The number of fused-ring (bicyclic) bond motifs is 2. The highest BCUT2D eigenvalue weighted by atomic mass is 16.6. The van der Waals surface area contributed by atoms with Crippen LogP contribution >= 0.6 is 0 Å². The van der Waals surface area contributed by atoms with Crippen LogP contribution in [0.2, 0.25) is 0 Å². The van der Waals surface area contributed by atoms with Crippen molar-refractivity contribution in [2.45, 2.75) is 26.2 Å². The first-order valence-corrected chi connectivity index (χ1v) is 9.52. The Kier molecular flexibility index (Phi) is 5.01. The van der Waals surface area contributed by atoms with E-state index in [1.807, 2.05) is 19.9 Å². The van der Waals surface area contributed by atoms with Gasteiger partial charge < -0.3 is 18.9 Å². The molecular weight excluding hydrogens is 372 g/mol. The monoisotopic (exact) mass is 394 g/mol. The molecule has 0 amide bonds. The number of aryl methyl sites for hydroxylation is 1. The summed E-state index contributed by atoms with van der Waals surface area (Å²) in [6.07, 6.45) is 3.37. The summed E-state index contributed by atoms with van der Waals surface area (Å²) in [5.74, 6) is 1.56. The lowest BCUT2D eigenvalue weighted by atomic mass is 9.97. The third-order valence-corrected chi connectivity index (χ3v) is 5.16. The molecule has 6 nitrogen and oxygen atoms in total. The summed E-state index contributed by atoms with van der Waals surface area (Å²) >= 11 is 0. The fourth-order valence-electron chi connectivity index (χ4n) is 3.89. The summed E-state index contributed by atoms with van der Waals surface area (Å²) in [6, 6.07) is 7.09. The second-order valence-corrected chi connectivity index (χ2v) is 7.20. The molecule has 2 aromatic carbocycles. The number of ketones is 1. The summed E-state index contributed by atoms with van der Waals surface area (Å²) in [5, 5.41) is 0. The minimum Gasteiger partial charge on any atom is -0.493 e. The quantitative estimate of drug-likeness (QED) is 0.442. The van der Waals surface area contributed by atoms with E-state index in [9.17, 15) is 9.59 Å². The predicted octanol–water partition coefficient (Wildman–Crippen LogP) is 4.08. The van der Waals surface area contributed by atoms with Crippen molar-refractivity contribution in [3.63, 3.8) is 0 Å². The fraction of sp³-hybridized carbons (Fsp3) is 0.304. The van der Waals surface area contributed by atoms with Gasteiger partial charge in [0.15, 0.2) is 17.3 Å². The summed E-state index contributed by atoms with van der Waals surface area (Å²) in [6.45, 7) is 4.89. The lowest BCUT2D eigenvalue weighted by Crippen LogP contribution is -2.16. The molecule has 1 heterocycles. The van der Waals surface area contributed by atoms with Gasteiger partial charge in [-0.05, 0) is 53.8 Å². The Bertz CT molecular complexity index is 1000. The maximum atomic E-state index is 12.4. The number of rotatable bonds is 4. The second-order valence-electron chi connectivity index (χ2n) is 7.20. The Morgan fingerprint density at radius 2 is 1.97 bits per heavy atom. The first-order valence-electron chi connectivity index (χ1n) is 9.52. The molecule has 1 unspecified atom stereocenters. The van der Waals surface area contributed by atoms with E-state index in [-0.39, 0.29) is 11.7 Å². The summed E-state index contributed by atoms with van der Waals surface area (Å²) in [5.41, 5.74) is 3.25. The molecule has 29 heavy (non-hydrogen) atoms. The molecule has 0 spiro atoms. The number of hydrogen-bond donors (Lipinski definition) is 0. The molecule has 2 aromatic rings. The molecule has 0 fully saturated rings. The summed E-state index contributed by atoms with van der Waals surface area (Å²) in [7, 11) is 1.55. The van der Waals surface area contributed by atoms with Crippen LogP contribution in [0.3, 0.4) is 0 Å². The zero-order valence-corrected chi connectivity index (χ0v) is 16.6. The van der Waals surface area contributed by atoms with E-state index in [1.54, 1.807) is 31.4 Å². The number of Topliss-reactive ketones (excluding diaryl/α,β-unsaturated/α-hetero) is 1. The number of carbonyl (C=O) groups excluding carboxylic acids is 2. The summed E-state index contributed by atoms with van der Waals surface area (Å²) < 4.78 is 22.0. The minimum atomic E-state index is -0.558. The third kappa shape index (κ3) is 3.58. The van der Waals surface area contributed by atoms with E-state index in [2.05, 4.69) is 0 Å². The number of esters is 1. The van der Waals surface area contributed by atoms with Crippen LogP contribution in [0.4, 0.5) is 0 Å². The van der Waals surface area contributed by atoms with E-state index in [4.69, 9.17) is 18.9 Å². The molecule has 4 rings (SSSR count). The van der Waals surface area contributed by atoms with Crippen LogP contribution in [0, 0.1) is 6.92 Å². The molecule has 1 aliphatic carbocycles. The van der Waals surface area contributed by atoms with Gasteiger partial charge in [0.25, 0.3) is 0 Å². The van der Waals surface area contributed by atoms with Crippen LogP contribution in [0.15, 0.2) is 30.3 Å². The number of hydrogen-bond acceptors (Lipinski definition) is 6. The van der Waals surface area contributed by atoms with E-state index >= 15 is 0 Å². The van der Waals surface area contributed by atoms with Gasteiger partial charge in [-0.3, -0.25) is 4.79 Å². The second kappa shape index (κ2) is 7.62. The summed E-state index contributed by atoms with van der Waals surface area (Å²) in [4.78, 5) is 24.8.